The molecule has 0 aromatic heterocycles. The Hall–Kier alpha value is -2.05. The van der Waals surface area contributed by atoms with E-state index >= 15 is 0 Å². The Morgan fingerprint density at radius 3 is 1.66 bits per heavy atom. The van der Waals surface area contributed by atoms with Crippen LogP contribution in [0, 0.1) is 13.0 Å². The molecule has 0 unspecified atom stereocenters. The van der Waals surface area contributed by atoms with Gasteiger partial charge in [0.25, 0.3) is 0 Å². The molecular formula is C26H22Cl2Ti-2. The summed E-state index contributed by atoms with van der Waals surface area (Å²) in [7, 11) is 10.2. The zero-order valence-electron chi connectivity index (χ0n) is 16.3. The normalized spacial score (nSPS) is 10.4. The number of hydrogen-bond acceptors (Lipinski definition) is 0. The standard InChI is InChI=1S/C13H9.C7H8.C5H3.CH2.2ClH.Ti/c1-3-7-12-10(5-1)9-11-6-2-4-8-13(11)12;1-7-5-3-2-4-6-7;1-2-4-5-3-1;;;;/h1-9H;2-6H,1H3;1-3H;1H2;2*1H;/q-1;;-1;;;;+2/p-2. The van der Waals surface area contributed by atoms with Crippen molar-refractivity contribution in [2.75, 3.05) is 0 Å². The van der Waals surface area contributed by atoms with Crippen LogP contribution in [0.2, 0.25) is 0 Å². The molecule has 29 heavy (non-hydrogen) atoms. The third-order valence-corrected chi connectivity index (χ3v) is 3.91. The Morgan fingerprint density at radius 2 is 1.31 bits per heavy atom. The predicted molar refractivity (Wildman–Crippen MR) is 128 cm³/mol. The second kappa shape index (κ2) is 13.2. The third kappa shape index (κ3) is 8.88. The molecule has 0 spiro atoms. The second-order valence-electron chi connectivity index (χ2n) is 6.13. The summed E-state index contributed by atoms with van der Waals surface area (Å²) in [6.07, 6.45) is 8.26. The number of hydrogen-bond donors (Lipinski definition) is 0. The van der Waals surface area contributed by atoms with Crippen molar-refractivity contribution < 1.29 is 15.3 Å². The Kier molecular flexibility index (Phi) is 10.6. The molecule has 0 nitrogen and oxygen atoms in total. The summed E-state index contributed by atoms with van der Waals surface area (Å²) in [5.41, 5.74) is 4.06. The van der Waals surface area contributed by atoms with Gasteiger partial charge >= 0.3 is 38.7 Å². The van der Waals surface area contributed by atoms with Crippen LogP contribution in [-0.2, 0) is 15.3 Å². The fourth-order valence-electron chi connectivity index (χ4n) is 2.68. The van der Waals surface area contributed by atoms with Crippen LogP contribution in [0.3, 0.4) is 0 Å². The number of halogens is 2. The summed E-state index contributed by atoms with van der Waals surface area (Å²) in [5, 5.41) is 5.39. The van der Waals surface area contributed by atoms with Gasteiger partial charge in [-0.2, -0.15) is 12.2 Å². The maximum atomic E-state index is 5.10. The van der Waals surface area contributed by atoms with Gasteiger partial charge in [-0.3, -0.25) is 5.73 Å². The van der Waals surface area contributed by atoms with E-state index in [9.17, 15) is 0 Å². The van der Waals surface area contributed by atoms with Gasteiger partial charge in [0.2, 0.25) is 0 Å². The average Bonchev–Trinajstić information content (AvgIpc) is 3.40. The number of aryl methyl sites for hydroxylation is 1. The van der Waals surface area contributed by atoms with E-state index < -0.39 is 15.3 Å². The zero-order chi connectivity index (χ0) is 20.9. The molecule has 0 radical (unpaired) electrons. The molecule has 5 rings (SSSR count). The van der Waals surface area contributed by atoms with Crippen molar-refractivity contribution >= 4 is 45.0 Å². The van der Waals surface area contributed by atoms with Crippen molar-refractivity contribution in [1.82, 2.24) is 0 Å². The second-order valence-corrected chi connectivity index (χ2v) is 11.7. The molecule has 0 N–H and O–H groups in total. The number of benzene rings is 3. The first-order valence-electron chi connectivity index (χ1n) is 9.12. The smallest absolute Gasteiger partial charge is 0.0771 e. The minimum Gasteiger partial charge on any atom is -0.126 e. The van der Waals surface area contributed by atoms with Gasteiger partial charge in [0.05, 0.1) is 0 Å². The fourth-order valence-corrected chi connectivity index (χ4v) is 2.68. The quantitative estimate of drug-likeness (QED) is 0.143. The monoisotopic (exact) mass is 452 g/mol. The summed E-state index contributed by atoms with van der Waals surface area (Å²) >= 11 is -1.64. The first-order chi connectivity index (χ1) is 14.1. The molecule has 4 aromatic rings. The Bertz CT molecular complexity index is 1070. The zero-order valence-corrected chi connectivity index (χ0v) is 19.4. The van der Waals surface area contributed by atoms with Crippen LogP contribution >= 0.6 is 18.6 Å². The van der Waals surface area contributed by atoms with E-state index in [1.54, 1.807) is 0 Å². The van der Waals surface area contributed by atoms with Crippen molar-refractivity contribution in [2.45, 2.75) is 6.92 Å². The van der Waals surface area contributed by atoms with Gasteiger partial charge in [-0.05, 0) is 6.92 Å². The molecule has 0 amide bonds. The van der Waals surface area contributed by atoms with Gasteiger partial charge in [0.15, 0.2) is 0 Å². The minimum atomic E-state index is -1.64. The van der Waals surface area contributed by atoms with Crippen LogP contribution < -0.4 is 0 Å². The minimum absolute atomic E-state index is 1.32. The van der Waals surface area contributed by atoms with E-state index in [1.165, 1.54) is 27.1 Å². The fraction of sp³-hybridized carbons (Fsp3) is 0.0385. The molecule has 1 aliphatic carbocycles. The summed E-state index contributed by atoms with van der Waals surface area (Å²) in [5.74, 6) is 0. The first-order valence-corrected chi connectivity index (χ1v) is 14.5. The molecule has 0 atom stereocenters. The number of fused-ring (bicyclic) bond motifs is 3. The van der Waals surface area contributed by atoms with E-state index in [2.05, 4.69) is 90.3 Å². The molecule has 146 valence electrons. The summed E-state index contributed by atoms with van der Waals surface area (Å²) in [4.78, 5) is 3.34. The van der Waals surface area contributed by atoms with Crippen LogP contribution in [0.25, 0.3) is 21.5 Å². The van der Waals surface area contributed by atoms with Gasteiger partial charge in [-0.25, -0.2) is 6.08 Å². The van der Waals surface area contributed by atoms with Crippen molar-refractivity contribution in [2.24, 2.45) is 0 Å². The molecule has 0 fully saturated rings. The molecule has 0 saturated carbocycles. The molecule has 0 bridgehead atoms. The number of allylic oxidation sites excluding steroid dienone is 3. The van der Waals surface area contributed by atoms with E-state index in [1.807, 2.05) is 36.4 Å². The summed E-state index contributed by atoms with van der Waals surface area (Å²) in [6, 6.07) is 29.5. The molecule has 3 heteroatoms. The van der Waals surface area contributed by atoms with Crippen molar-refractivity contribution in [3.8, 4) is 0 Å². The van der Waals surface area contributed by atoms with Gasteiger partial charge in [0.1, 0.15) is 0 Å². The van der Waals surface area contributed by atoms with Gasteiger partial charge in [-0.1, -0.05) is 72.3 Å². The van der Waals surface area contributed by atoms with Crippen molar-refractivity contribution in [1.29, 1.82) is 0 Å². The van der Waals surface area contributed by atoms with Crippen LogP contribution in [0.5, 0.6) is 0 Å². The van der Waals surface area contributed by atoms with Gasteiger partial charge in [-0.15, -0.1) is 45.8 Å². The molecule has 0 aliphatic heterocycles. The largest absolute Gasteiger partial charge is 0.126 e. The SMILES string of the molecule is C1=[C-]C=CC=1.Cc1ccccc1.[CH2]=[Ti]([Cl])[Cl].c1ccc2c(c1)[cH-]c1ccccc12. The average molecular weight is 453 g/mol. The molecule has 4 aromatic carbocycles. The Labute approximate surface area is 186 Å². The molecule has 0 saturated heterocycles. The maximum absolute atomic E-state index is 5.10. The van der Waals surface area contributed by atoms with Gasteiger partial charge < -0.3 is 0 Å². The van der Waals surface area contributed by atoms with Crippen molar-refractivity contribution in [3.05, 3.63) is 121 Å². The van der Waals surface area contributed by atoms with Crippen LogP contribution in [0.4, 0.5) is 0 Å². The van der Waals surface area contributed by atoms with Crippen molar-refractivity contribution in [3.63, 3.8) is 0 Å². The first kappa shape index (κ1) is 23.2. The third-order valence-electron chi connectivity index (χ3n) is 3.91. The van der Waals surface area contributed by atoms with E-state index in [0.717, 1.165) is 0 Å². The maximum Gasteiger partial charge on any atom is -0.0771 e. The van der Waals surface area contributed by atoms with Crippen LogP contribution in [0.15, 0.2) is 109 Å². The van der Waals surface area contributed by atoms with Gasteiger partial charge in [0, 0.05) is 0 Å². The molecule has 0 heterocycles. The van der Waals surface area contributed by atoms with E-state index in [-0.39, 0.29) is 0 Å². The predicted octanol–water partition coefficient (Wildman–Crippen LogP) is 8.12. The van der Waals surface area contributed by atoms with Crippen LogP contribution in [0.1, 0.15) is 5.56 Å². The summed E-state index contributed by atoms with van der Waals surface area (Å²) in [6.45, 7) is 2.08. The topological polar surface area (TPSA) is 0 Å². The Balaban J connectivity index is 0.000000158. The van der Waals surface area contributed by atoms with E-state index in [0.29, 0.717) is 0 Å². The molecule has 1 aliphatic rings. The van der Waals surface area contributed by atoms with E-state index in [4.69, 9.17) is 18.6 Å². The molecular weight excluding hydrogens is 431 g/mol. The van der Waals surface area contributed by atoms with Crippen LogP contribution in [-0.4, -0.2) is 4.82 Å². The summed E-state index contributed by atoms with van der Waals surface area (Å²) < 4.78 is 0. The Morgan fingerprint density at radius 1 is 0.828 bits per heavy atom. The number of rotatable bonds is 0.